The number of benzene rings is 1. The van der Waals surface area contributed by atoms with E-state index in [4.69, 9.17) is 5.73 Å². The zero-order valence-electron chi connectivity index (χ0n) is 15.2. The SMILES string of the molecule is Cc1nn(C)c(C)c1-c1nc(N)c(C#N)nc1-c1ccc2ncccc2c1. The van der Waals surface area contributed by atoms with Gasteiger partial charge >= 0.3 is 0 Å². The largest absolute Gasteiger partial charge is 0.381 e. The van der Waals surface area contributed by atoms with E-state index < -0.39 is 0 Å². The van der Waals surface area contributed by atoms with Crippen LogP contribution in [0.15, 0.2) is 36.5 Å². The van der Waals surface area contributed by atoms with Crippen LogP contribution in [-0.4, -0.2) is 24.7 Å². The van der Waals surface area contributed by atoms with Gasteiger partial charge in [-0.3, -0.25) is 9.67 Å². The van der Waals surface area contributed by atoms with Crippen LogP contribution in [0.3, 0.4) is 0 Å². The van der Waals surface area contributed by atoms with E-state index in [0.717, 1.165) is 33.4 Å². The van der Waals surface area contributed by atoms with Crippen molar-refractivity contribution >= 4 is 16.7 Å². The summed E-state index contributed by atoms with van der Waals surface area (Å²) >= 11 is 0. The minimum atomic E-state index is 0.110. The molecule has 0 radical (unpaired) electrons. The Bertz CT molecular complexity index is 1230. The van der Waals surface area contributed by atoms with E-state index in [0.29, 0.717) is 11.4 Å². The fourth-order valence-corrected chi connectivity index (χ4v) is 3.25. The van der Waals surface area contributed by atoms with Crippen LogP contribution < -0.4 is 5.73 Å². The zero-order valence-corrected chi connectivity index (χ0v) is 15.2. The van der Waals surface area contributed by atoms with E-state index >= 15 is 0 Å². The average Bonchev–Trinajstić information content (AvgIpc) is 2.93. The summed E-state index contributed by atoms with van der Waals surface area (Å²) in [6.45, 7) is 3.89. The van der Waals surface area contributed by atoms with Gasteiger partial charge in [-0.1, -0.05) is 12.1 Å². The third-order valence-electron chi connectivity index (χ3n) is 4.65. The summed E-state index contributed by atoms with van der Waals surface area (Å²) < 4.78 is 1.80. The van der Waals surface area contributed by atoms with Crippen LogP contribution in [0.2, 0.25) is 0 Å². The number of nitrogens with two attached hydrogens (primary N) is 1. The minimum Gasteiger partial charge on any atom is -0.381 e. The Morgan fingerprint density at radius 3 is 2.63 bits per heavy atom. The van der Waals surface area contributed by atoms with E-state index in [-0.39, 0.29) is 11.5 Å². The molecule has 2 N–H and O–H groups in total. The predicted octanol–water partition coefficient (Wildman–Crippen LogP) is 3.16. The second kappa shape index (κ2) is 6.18. The van der Waals surface area contributed by atoms with E-state index in [9.17, 15) is 5.26 Å². The summed E-state index contributed by atoms with van der Waals surface area (Å²) in [5, 5.41) is 14.8. The Kier molecular flexibility index (Phi) is 3.81. The summed E-state index contributed by atoms with van der Waals surface area (Å²) in [7, 11) is 1.88. The molecule has 27 heavy (non-hydrogen) atoms. The Morgan fingerprint density at radius 2 is 1.93 bits per heavy atom. The average molecular weight is 355 g/mol. The standard InChI is InChI=1S/C20H17N7/c1-11-17(12(2)27(3)26-11)19-18(24-16(10-21)20(22)25-19)14-6-7-15-13(9-14)5-4-8-23-15/h4-9H,1-3H3,(H2,22,25). The van der Waals surface area contributed by atoms with Gasteiger partial charge in [0.05, 0.1) is 16.9 Å². The molecule has 7 nitrogen and oxygen atoms in total. The predicted molar refractivity (Wildman–Crippen MR) is 104 cm³/mol. The fraction of sp³-hybridized carbons (Fsp3) is 0.150. The van der Waals surface area contributed by atoms with Gasteiger partial charge in [0.15, 0.2) is 11.5 Å². The molecule has 0 aliphatic carbocycles. The molecule has 0 aliphatic rings. The van der Waals surface area contributed by atoms with E-state index in [2.05, 4.69) is 20.1 Å². The van der Waals surface area contributed by atoms with Gasteiger partial charge < -0.3 is 5.73 Å². The Hall–Kier alpha value is -3.79. The molecule has 0 atom stereocenters. The fourth-order valence-electron chi connectivity index (χ4n) is 3.25. The maximum absolute atomic E-state index is 9.38. The molecule has 0 fully saturated rings. The molecule has 4 aromatic rings. The van der Waals surface area contributed by atoms with Crippen molar-refractivity contribution in [3.05, 3.63) is 53.6 Å². The van der Waals surface area contributed by atoms with Crippen LogP contribution in [0, 0.1) is 25.2 Å². The Labute approximate surface area is 156 Å². The lowest BCUT2D eigenvalue weighted by atomic mass is 10.0. The van der Waals surface area contributed by atoms with Gasteiger partial charge in [0.25, 0.3) is 0 Å². The van der Waals surface area contributed by atoms with E-state index in [1.807, 2.05) is 57.3 Å². The number of hydrogen-bond acceptors (Lipinski definition) is 6. The number of anilines is 1. The van der Waals surface area contributed by atoms with Crippen LogP contribution in [0.4, 0.5) is 5.82 Å². The summed E-state index contributed by atoms with van der Waals surface area (Å²) in [4.78, 5) is 13.4. The van der Waals surface area contributed by atoms with Crippen LogP contribution >= 0.6 is 0 Å². The molecule has 0 bridgehead atoms. The Balaban J connectivity index is 2.05. The van der Waals surface area contributed by atoms with Crippen LogP contribution in [0.1, 0.15) is 17.1 Å². The van der Waals surface area contributed by atoms with Crippen molar-refractivity contribution in [2.45, 2.75) is 13.8 Å². The highest BCUT2D eigenvalue weighted by Gasteiger charge is 2.21. The van der Waals surface area contributed by atoms with Gasteiger partial charge in [-0.2, -0.15) is 10.4 Å². The molecule has 1 aromatic carbocycles. The van der Waals surface area contributed by atoms with Crippen molar-refractivity contribution in [1.29, 1.82) is 5.26 Å². The van der Waals surface area contributed by atoms with Crippen molar-refractivity contribution in [3.63, 3.8) is 0 Å². The topological polar surface area (TPSA) is 106 Å². The molecule has 7 heteroatoms. The lowest BCUT2D eigenvalue weighted by Crippen LogP contribution is -2.04. The normalized spacial score (nSPS) is 10.9. The maximum Gasteiger partial charge on any atom is 0.183 e. The van der Waals surface area contributed by atoms with Crippen molar-refractivity contribution in [2.75, 3.05) is 5.73 Å². The molecule has 0 aliphatic heterocycles. The highest BCUT2D eigenvalue weighted by Crippen LogP contribution is 2.35. The first kappa shape index (κ1) is 16.7. The van der Waals surface area contributed by atoms with E-state index in [1.165, 1.54) is 0 Å². The van der Waals surface area contributed by atoms with E-state index in [1.54, 1.807) is 10.9 Å². The first-order valence-electron chi connectivity index (χ1n) is 8.43. The van der Waals surface area contributed by atoms with Crippen LogP contribution in [-0.2, 0) is 7.05 Å². The first-order valence-corrected chi connectivity index (χ1v) is 8.43. The first-order chi connectivity index (χ1) is 13.0. The molecule has 0 saturated heterocycles. The van der Waals surface area contributed by atoms with Crippen molar-refractivity contribution in [3.8, 4) is 28.6 Å². The number of aryl methyl sites for hydroxylation is 2. The summed E-state index contributed by atoms with van der Waals surface area (Å²) in [6, 6.07) is 11.8. The Morgan fingerprint density at radius 1 is 1.11 bits per heavy atom. The van der Waals surface area contributed by atoms with Crippen molar-refractivity contribution in [1.82, 2.24) is 24.7 Å². The lowest BCUT2D eigenvalue weighted by Gasteiger charge is -2.11. The number of nitriles is 1. The molecule has 3 aromatic heterocycles. The summed E-state index contributed by atoms with van der Waals surface area (Å²) in [6.07, 6.45) is 1.76. The highest BCUT2D eigenvalue weighted by atomic mass is 15.3. The van der Waals surface area contributed by atoms with Crippen LogP contribution in [0.25, 0.3) is 33.4 Å². The molecular weight excluding hydrogens is 338 g/mol. The summed E-state index contributed by atoms with van der Waals surface area (Å²) in [5.74, 6) is 0.112. The smallest absolute Gasteiger partial charge is 0.183 e. The van der Waals surface area contributed by atoms with Gasteiger partial charge in [-0.25, -0.2) is 9.97 Å². The summed E-state index contributed by atoms with van der Waals surface area (Å²) in [5.41, 5.74) is 11.7. The third-order valence-corrected chi connectivity index (χ3v) is 4.65. The number of hydrogen-bond donors (Lipinski definition) is 1. The molecule has 4 rings (SSSR count). The number of pyridine rings is 1. The zero-order chi connectivity index (χ0) is 19.1. The van der Waals surface area contributed by atoms with Crippen molar-refractivity contribution < 1.29 is 0 Å². The van der Waals surface area contributed by atoms with Crippen molar-refractivity contribution in [2.24, 2.45) is 7.05 Å². The van der Waals surface area contributed by atoms with Crippen LogP contribution in [0.5, 0.6) is 0 Å². The molecule has 0 amide bonds. The van der Waals surface area contributed by atoms with Gasteiger partial charge in [-0.15, -0.1) is 0 Å². The number of rotatable bonds is 2. The van der Waals surface area contributed by atoms with Gasteiger partial charge in [-0.05, 0) is 32.0 Å². The third kappa shape index (κ3) is 2.68. The second-order valence-corrected chi connectivity index (χ2v) is 6.35. The quantitative estimate of drug-likeness (QED) is 0.592. The minimum absolute atomic E-state index is 0.110. The molecule has 0 unspecified atom stereocenters. The number of fused-ring (bicyclic) bond motifs is 1. The lowest BCUT2D eigenvalue weighted by molar-refractivity contribution is 0.731. The molecule has 0 saturated carbocycles. The van der Waals surface area contributed by atoms with Gasteiger partial charge in [0, 0.05) is 35.5 Å². The second-order valence-electron chi connectivity index (χ2n) is 6.35. The monoisotopic (exact) mass is 355 g/mol. The molecule has 3 heterocycles. The highest BCUT2D eigenvalue weighted by molar-refractivity contribution is 5.88. The van der Waals surface area contributed by atoms with Gasteiger partial charge in [0.1, 0.15) is 11.8 Å². The molecule has 0 spiro atoms. The number of aromatic nitrogens is 5. The number of nitrogens with zero attached hydrogens (tertiary/aromatic N) is 6. The van der Waals surface area contributed by atoms with Gasteiger partial charge in [0.2, 0.25) is 0 Å². The number of nitrogen functional groups attached to an aromatic ring is 1. The molecule has 132 valence electrons. The molecular formula is C20H17N7. The maximum atomic E-state index is 9.38.